The van der Waals surface area contributed by atoms with E-state index in [4.69, 9.17) is 0 Å². The van der Waals surface area contributed by atoms with Gasteiger partial charge in [0.1, 0.15) is 0 Å². The summed E-state index contributed by atoms with van der Waals surface area (Å²) >= 11 is 0. The maximum absolute atomic E-state index is 3.52. The van der Waals surface area contributed by atoms with Crippen molar-refractivity contribution in [3.63, 3.8) is 0 Å². The number of para-hydroxylation sites is 1. The fourth-order valence-electron chi connectivity index (χ4n) is 2.96. The summed E-state index contributed by atoms with van der Waals surface area (Å²) in [4.78, 5) is 2.51. The highest BCUT2D eigenvalue weighted by Crippen LogP contribution is 2.45. The molecule has 1 unspecified atom stereocenters. The molecule has 1 N–H and O–H groups in total. The van der Waals surface area contributed by atoms with E-state index in [1.54, 1.807) is 0 Å². The molecule has 1 spiro atoms. The minimum atomic E-state index is 0.302. The molecule has 0 amide bonds. The summed E-state index contributed by atoms with van der Waals surface area (Å²) in [6.45, 7) is 2.32. The van der Waals surface area contributed by atoms with Crippen molar-refractivity contribution >= 4 is 5.69 Å². The first kappa shape index (κ1) is 8.30. The third-order valence-corrected chi connectivity index (χ3v) is 3.81. The molecule has 14 heavy (non-hydrogen) atoms. The summed E-state index contributed by atoms with van der Waals surface area (Å²) in [5.41, 5.74) is 3.14. The van der Waals surface area contributed by atoms with Crippen LogP contribution in [0.25, 0.3) is 0 Å². The molecule has 2 aliphatic heterocycles. The highest BCUT2D eigenvalue weighted by molar-refractivity contribution is 5.60. The Morgan fingerprint density at radius 1 is 1.36 bits per heavy atom. The summed E-state index contributed by atoms with van der Waals surface area (Å²) in [5.74, 6) is 0. The van der Waals surface area contributed by atoms with Crippen LogP contribution in [0.1, 0.15) is 18.4 Å². The minimum absolute atomic E-state index is 0.302. The fourth-order valence-corrected chi connectivity index (χ4v) is 2.96. The van der Waals surface area contributed by atoms with Gasteiger partial charge in [0.05, 0.1) is 5.54 Å². The van der Waals surface area contributed by atoms with Crippen LogP contribution in [0.15, 0.2) is 24.3 Å². The van der Waals surface area contributed by atoms with Crippen LogP contribution in [0.2, 0.25) is 0 Å². The summed E-state index contributed by atoms with van der Waals surface area (Å²) in [5, 5.41) is 3.52. The van der Waals surface area contributed by atoms with Crippen LogP contribution < -0.4 is 5.32 Å². The predicted molar refractivity (Wildman–Crippen MR) is 58.5 cm³/mol. The number of rotatable bonds is 0. The number of nitrogens with zero attached hydrogens (tertiary/aromatic N) is 1. The van der Waals surface area contributed by atoms with E-state index >= 15 is 0 Å². The molecule has 3 rings (SSSR count). The molecule has 1 aromatic rings. The van der Waals surface area contributed by atoms with Gasteiger partial charge in [-0.1, -0.05) is 18.2 Å². The Labute approximate surface area is 84.9 Å². The van der Waals surface area contributed by atoms with Gasteiger partial charge < -0.3 is 5.32 Å². The van der Waals surface area contributed by atoms with Gasteiger partial charge >= 0.3 is 0 Å². The minimum Gasteiger partial charge on any atom is -0.383 e. The quantitative estimate of drug-likeness (QED) is 0.670. The number of nitrogens with one attached hydrogen (secondary N) is 1. The predicted octanol–water partition coefficient (Wildman–Crippen LogP) is 2.03. The molecule has 0 aromatic heterocycles. The van der Waals surface area contributed by atoms with Crippen LogP contribution in [-0.2, 0) is 5.54 Å². The highest BCUT2D eigenvalue weighted by atomic mass is 15.2. The lowest BCUT2D eigenvalue weighted by Crippen LogP contribution is -2.40. The Morgan fingerprint density at radius 3 is 3.00 bits per heavy atom. The maximum Gasteiger partial charge on any atom is 0.0652 e. The molecule has 2 nitrogen and oxygen atoms in total. The van der Waals surface area contributed by atoms with Crippen molar-refractivity contribution in [3.05, 3.63) is 29.8 Å². The van der Waals surface area contributed by atoms with Gasteiger partial charge in [0.2, 0.25) is 0 Å². The van der Waals surface area contributed by atoms with E-state index in [-0.39, 0.29) is 0 Å². The molecule has 2 heterocycles. The van der Waals surface area contributed by atoms with E-state index in [0.717, 1.165) is 6.54 Å². The summed E-state index contributed by atoms with van der Waals surface area (Å²) in [6.07, 6.45) is 2.63. The average Bonchev–Trinajstić information content (AvgIpc) is 2.76. The van der Waals surface area contributed by atoms with E-state index in [0.29, 0.717) is 5.54 Å². The standard InChI is InChI=1S/C12H16N2/c1-14-8-4-7-12(14)9-13-11-6-3-2-5-10(11)12/h2-3,5-6,13H,4,7-9H2,1H3. The first-order valence-corrected chi connectivity index (χ1v) is 5.38. The molecule has 0 radical (unpaired) electrons. The second kappa shape index (κ2) is 2.74. The van der Waals surface area contributed by atoms with E-state index in [1.165, 1.54) is 30.6 Å². The molecule has 1 fully saturated rings. The van der Waals surface area contributed by atoms with Crippen LogP contribution in [0.4, 0.5) is 5.69 Å². The topological polar surface area (TPSA) is 15.3 Å². The first-order valence-electron chi connectivity index (χ1n) is 5.38. The third-order valence-electron chi connectivity index (χ3n) is 3.81. The van der Waals surface area contributed by atoms with Crippen molar-refractivity contribution in [3.8, 4) is 0 Å². The molecule has 1 aromatic carbocycles. The lowest BCUT2D eigenvalue weighted by molar-refractivity contribution is 0.198. The number of likely N-dealkylation sites (N-methyl/N-ethyl adjacent to an activating group) is 1. The van der Waals surface area contributed by atoms with Crippen LogP contribution in [0.5, 0.6) is 0 Å². The van der Waals surface area contributed by atoms with Gasteiger partial charge in [0.25, 0.3) is 0 Å². The van der Waals surface area contributed by atoms with Crippen LogP contribution in [0.3, 0.4) is 0 Å². The van der Waals surface area contributed by atoms with Crippen molar-refractivity contribution < 1.29 is 0 Å². The zero-order valence-electron chi connectivity index (χ0n) is 8.59. The molecule has 0 aliphatic carbocycles. The zero-order valence-corrected chi connectivity index (χ0v) is 8.59. The van der Waals surface area contributed by atoms with E-state index < -0.39 is 0 Å². The van der Waals surface area contributed by atoms with E-state index in [1.807, 2.05) is 0 Å². The van der Waals surface area contributed by atoms with Gasteiger partial charge in [-0.25, -0.2) is 0 Å². The van der Waals surface area contributed by atoms with E-state index in [9.17, 15) is 0 Å². The van der Waals surface area contributed by atoms with Crippen LogP contribution >= 0.6 is 0 Å². The van der Waals surface area contributed by atoms with Gasteiger partial charge in [0, 0.05) is 12.2 Å². The Kier molecular flexibility index (Phi) is 1.62. The lowest BCUT2D eigenvalue weighted by Gasteiger charge is -2.31. The van der Waals surface area contributed by atoms with Crippen LogP contribution in [0, 0.1) is 0 Å². The molecule has 1 atom stereocenters. The largest absolute Gasteiger partial charge is 0.383 e. The molecule has 0 bridgehead atoms. The number of anilines is 1. The van der Waals surface area contributed by atoms with Gasteiger partial charge in [-0.05, 0) is 38.1 Å². The fraction of sp³-hybridized carbons (Fsp3) is 0.500. The van der Waals surface area contributed by atoms with Crippen molar-refractivity contribution in [1.29, 1.82) is 0 Å². The summed E-state index contributed by atoms with van der Waals surface area (Å²) < 4.78 is 0. The van der Waals surface area contributed by atoms with Crippen molar-refractivity contribution in [1.82, 2.24) is 4.90 Å². The molecule has 2 heteroatoms. The third kappa shape index (κ3) is 0.894. The van der Waals surface area contributed by atoms with Gasteiger partial charge in [-0.3, -0.25) is 4.90 Å². The van der Waals surface area contributed by atoms with Gasteiger partial charge in [0.15, 0.2) is 0 Å². The molecule has 0 saturated carbocycles. The number of fused-ring (bicyclic) bond motifs is 2. The van der Waals surface area contributed by atoms with Gasteiger partial charge in [-0.2, -0.15) is 0 Å². The average molecular weight is 188 g/mol. The molecular weight excluding hydrogens is 172 g/mol. The van der Waals surface area contributed by atoms with Crippen LogP contribution in [-0.4, -0.2) is 25.0 Å². The molecular formula is C12H16N2. The van der Waals surface area contributed by atoms with Crippen molar-refractivity contribution in [2.24, 2.45) is 0 Å². The zero-order chi connectivity index (χ0) is 9.60. The molecule has 74 valence electrons. The Morgan fingerprint density at radius 2 is 2.21 bits per heavy atom. The lowest BCUT2D eigenvalue weighted by atomic mass is 9.90. The number of hydrogen-bond donors (Lipinski definition) is 1. The Balaban J connectivity index is 2.12. The Hall–Kier alpha value is -1.02. The monoisotopic (exact) mass is 188 g/mol. The van der Waals surface area contributed by atoms with Crippen molar-refractivity contribution in [2.75, 3.05) is 25.5 Å². The molecule has 1 saturated heterocycles. The second-order valence-electron chi connectivity index (χ2n) is 4.46. The van der Waals surface area contributed by atoms with Gasteiger partial charge in [-0.15, -0.1) is 0 Å². The molecule has 2 aliphatic rings. The first-order chi connectivity index (χ1) is 6.83. The second-order valence-corrected chi connectivity index (χ2v) is 4.46. The number of likely N-dealkylation sites (tertiary alicyclic amines) is 1. The maximum atomic E-state index is 3.52. The van der Waals surface area contributed by atoms with Crippen molar-refractivity contribution in [2.45, 2.75) is 18.4 Å². The summed E-state index contributed by atoms with van der Waals surface area (Å²) in [6, 6.07) is 8.73. The highest BCUT2D eigenvalue weighted by Gasteiger charge is 2.44. The number of benzene rings is 1. The van der Waals surface area contributed by atoms with E-state index in [2.05, 4.69) is 41.5 Å². The Bertz CT molecular complexity index is 361. The smallest absolute Gasteiger partial charge is 0.0652 e. The number of hydrogen-bond acceptors (Lipinski definition) is 2. The summed E-state index contributed by atoms with van der Waals surface area (Å²) in [7, 11) is 2.25. The normalized spacial score (nSPS) is 30.6. The SMILES string of the molecule is CN1CCCC12CNc1ccccc12.